The first-order valence-corrected chi connectivity index (χ1v) is 10.4. The molecular formula is C22H34N6O. The predicted octanol–water partition coefficient (Wildman–Crippen LogP) is 2.44. The summed E-state index contributed by atoms with van der Waals surface area (Å²) < 4.78 is 5.51. The number of imidazole rings is 1. The zero-order chi connectivity index (χ0) is 20.6. The van der Waals surface area contributed by atoms with Gasteiger partial charge in [-0.05, 0) is 11.5 Å². The highest BCUT2D eigenvalue weighted by atomic mass is 16.5. The van der Waals surface area contributed by atoms with Gasteiger partial charge < -0.3 is 19.9 Å². The number of ether oxygens (including phenoxy) is 1. The van der Waals surface area contributed by atoms with Gasteiger partial charge in [0.25, 0.3) is 0 Å². The highest BCUT2D eigenvalue weighted by Gasteiger charge is 2.24. The molecule has 0 bridgehead atoms. The van der Waals surface area contributed by atoms with Crippen molar-refractivity contribution < 1.29 is 4.74 Å². The minimum Gasteiger partial charge on any atom is -0.379 e. The maximum atomic E-state index is 5.51. The Balaban J connectivity index is 1.57. The standard InChI is InChI=1S/C22H34N6O/c1-17(2)20(28-10-12-29-13-11-28)15-25-22(23-3)27(4)16-21-24-14-19(26-21)18-8-6-5-7-9-18/h5-9,14,17,20H,10-13,15-16H2,1-4H3,(H,23,25)(H,24,26). The zero-order valence-corrected chi connectivity index (χ0v) is 18.1. The van der Waals surface area contributed by atoms with E-state index in [1.54, 1.807) is 0 Å². The summed E-state index contributed by atoms with van der Waals surface area (Å²) >= 11 is 0. The zero-order valence-electron chi connectivity index (χ0n) is 18.1. The number of benzene rings is 1. The monoisotopic (exact) mass is 398 g/mol. The molecule has 1 aliphatic rings. The van der Waals surface area contributed by atoms with E-state index in [1.807, 2.05) is 38.5 Å². The molecule has 2 aromatic rings. The number of guanidine groups is 1. The third kappa shape index (κ3) is 5.81. The summed E-state index contributed by atoms with van der Waals surface area (Å²) in [6.45, 7) is 9.71. The van der Waals surface area contributed by atoms with Gasteiger partial charge in [0.15, 0.2) is 5.96 Å². The molecule has 0 saturated carbocycles. The SMILES string of the molecule is CN=C(NCC(C(C)C)N1CCOCC1)N(C)Cc1ncc(-c2ccccc2)[nH]1. The Morgan fingerprint density at radius 2 is 2.00 bits per heavy atom. The van der Waals surface area contributed by atoms with E-state index in [4.69, 9.17) is 4.74 Å². The molecule has 2 heterocycles. The van der Waals surface area contributed by atoms with Crippen molar-refractivity contribution in [1.29, 1.82) is 0 Å². The quantitative estimate of drug-likeness (QED) is 0.554. The van der Waals surface area contributed by atoms with Crippen molar-refractivity contribution >= 4 is 5.96 Å². The molecule has 7 nitrogen and oxygen atoms in total. The van der Waals surface area contributed by atoms with Gasteiger partial charge in [0, 0.05) is 39.8 Å². The van der Waals surface area contributed by atoms with Crippen LogP contribution >= 0.6 is 0 Å². The van der Waals surface area contributed by atoms with Crippen molar-refractivity contribution in [2.45, 2.75) is 26.4 Å². The average molecular weight is 399 g/mol. The van der Waals surface area contributed by atoms with E-state index in [1.165, 1.54) is 0 Å². The topological polar surface area (TPSA) is 68.8 Å². The van der Waals surface area contributed by atoms with Crippen molar-refractivity contribution in [2.75, 3.05) is 46.9 Å². The van der Waals surface area contributed by atoms with Gasteiger partial charge in [0.1, 0.15) is 5.82 Å². The molecule has 2 N–H and O–H groups in total. The third-order valence-corrected chi connectivity index (χ3v) is 5.43. The molecule has 1 aliphatic heterocycles. The van der Waals surface area contributed by atoms with Crippen LogP contribution in [0, 0.1) is 5.92 Å². The number of H-pyrrole nitrogens is 1. The summed E-state index contributed by atoms with van der Waals surface area (Å²) in [4.78, 5) is 17.1. The maximum Gasteiger partial charge on any atom is 0.193 e. The van der Waals surface area contributed by atoms with Gasteiger partial charge in [-0.1, -0.05) is 44.2 Å². The van der Waals surface area contributed by atoms with E-state index in [0.717, 1.165) is 55.9 Å². The molecule has 0 amide bonds. The molecule has 29 heavy (non-hydrogen) atoms. The van der Waals surface area contributed by atoms with Crippen LogP contribution in [-0.4, -0.2) is 78.7 Å². The van der Waals surface area contributed by atoms with Crippen LogP contribution in [0.5, 0.6) is 0 Å². The summed E-state index contributed by atoms with van der Waals surface area (Å²) in [5.74, 6) is 2.35. The first-order chi connectivity index (χ1) is 14.1. The normalized spacial score (nSPS) is 16.8. The smallest absolute Gasteiger partial charge is 0.193 e. The lowest BCUT2D eigenvalue weighted by Crippen LogP contribution is -2.52. The minimum atomic E-state index is 0.456. The summed E-state index contributed by atoms with van der Waals surface area (Å²) in [5, 5.41) is 3.56. The van der Waals surface area contributed by atoms with E-state index < -0.39 is 0 Å². The number of nitrogens with one attached hydrogen (secondary N) is 2. The molecule has 1 fully saturated rings. The van der Waals surface area contributed by atoms with Gasteiger partial charge in [-0.15, -0.1) is 0 Å². The van der Waals surface area contributed by atoms with Crippen LogP contribution in [-0.2, 0) is 11.3 Å². The Hall–Kier alpha value is -2.38. The second-order valence-electron chi connectivity index (χ2n) is 7.85. The second-order valence-corrected chi connectivity index (χ2v) is 7.85. The van der Waals surface area contributed by atoms with Gasteiger partial charge in [-0.25, -0.2) is 4.98 Å². The average Bonchev–Trinajstić information content (AvgIpc) is 3.20. The lowest BCUT2D eigenvalue weighted by Gasteiger charge is -2.37. The number of aromatic nitrogens is 2. The fraction of sp³-hybridized carbons (Fsp3) is 0.545. The van der Waals surface area contributed by atoms with Crippen LogP contribution in [0.3, 0.4) is 0 Å². The molecule has 1 saturated heterocycles. The van der Waals surface area contributed by atoms with Crippen LogP contribution in [0.15, 0.2) is 41.5 Å². The molecule has 0 aliphatic carbocycles. The summed E-state index contributed by atoms with van der Waals surface area (Å²) in [6.07, 6.45) is 1.89. The molecular weight excluding hydrogens is 364 g/mol. The number of aliphatic imine (C=N–C) groups is 1. The van der Waals surface area contributed by atoms with Crippen molar-refractivity contribution in [3.8, 4) is 11.3 Å². The fourth-order valence-corrected chi connectivity index (χ4v) is 3.78. The third-order valence-electron chi connectivity index (χ3n) is 5.43. The fourth-order valence-electron chi connectivity index (χ4n) is 3.78. The predicted molar refractivity (Wildman–Crippen MR) is 118 cm³/mol. The molecule has 1 aromatic carbocycles. The van der Waals surface area contributed by atoms with E-state index >= 15 is 0 Å². The second kappa shape index (κ2) is 10.4. The van der Waals surface area contributed by atoms with Crippen molar-refractivity contribution in [3.05, 3.63) is 42.4 Å². The van der Waals surface area contributed by atoms with E-state index in [-0.39, 0.29) is 0 Å². The van der Waals surface area contributed by atoms with E-state index in [9.17, 15) is 0 Å². The lowest BCUT2D eigenvalue weighted by atomic mass is 10.0. The van der Waals surface area contributed by atoms with Crippen LogP contribution in [0.25, 0.3) is 11.3 Å². The first kappa shape index (κ1) is 21.3. The summed E-state index contributed by atoms with van der Waals surface area (Å²) in [6, 6.07) is 10.7. The minimum absolute atomic E-state index is 0.456. The molecule has 1 atom stereocenters. The summed E-state index contributed by atoms with van der Waals surface area (Å²) in [5.41, 5.74) is 2.17. The van der Waals surface area contributed by atoms with Crippen LogP contribution in [0.2, 0.25) is 0 Å². The van der Waals surface area contributed by atoms with Gasteiger partial charge in [0.05, 0.1) is 31.6 Å². The van der Waals surface area contributed by atoms with Crippen LogP contribution in [0.1, 0.15) is 19.7 Å². The largest absolute Gasteiger partial charge is 0.379 e. The van der Waals surface area contributed by atoms with Crippen LogP contribution in [0.4, 0.5) is 0 Å². The molecule has 1 unspecified atom stereocenters. The summed E-state index contributed by atoms with van der Waals surface area (Å²) in [7, 11) is 3.87. The Morgan fingerprint density at radius 3 is 2.66 bits per heavy atom. The van der Waals surface area contributed by atoms with Gasteiger partial charge in [0.2, 0.25) is 0 Å². The number of hydrogen-bond acceptors (Lipinski definition) is 4. The highest BCUT2D eigenvalue weighted by molar-refractivity contribution is 5.79. The van der Waals surface area contributed by atoms with Gasteiger partial charge >= 0.3 is 0 Å². The van der Waals surface area contributed by atoms with Gasteiger partial charge in [-0.2, -0.15) is 0 Å². The Morgan fingerprint density at radius 1 is 1.28 bits per heavy atom. The first-order valence-electron chi connectivity index (χ1n) is 10.4. The number of morpholine rings is 1. The van der Waals surface area contributed by atoms with Crippen molar-refractivity contribution in [2.24, 2.45) is 10.9 Å². The Kier molecular flexibility index (Phi) is 7.66. The highest BCUT2D eigenvalue weighted by Crippen LogP contribution is 2.17. The number of nitrogens with zero attached hydrogens (tertiary/aromatic N) is 4. The van der Waals surface area contributed by atoms with Gasteiger partial charge in [-0.3, -0.25) is 9.89 Å². The van der Waals surface area contributed by atoms with Crippen molar-refractivity contribution in [1.82, 2.24) is 25.1 Å². The van der Waals surface area contributed by atoms with Crippen molar-refractivity contribution in [3.63, 3.8) is 0 Å². The molecule has 3 rings (SSSR count). The molecule has 0 radical (unpaired) electrons. The molecule has 158 valence electrons. The van der Waals surface area contributed by atoms with E-state index in [0.29, 0.717) is 18.5 Å². The number of hydrogen-bond donors (Lipinski definition) is 2. The number of rotatable bonds is 7. The number of aromatic amines is 1. The maximum absolute atomic E-state index is 5.51. The molecule has 7 heteroatoms. The van der Waals surface area contributed by atoms with Crippen LogP contribution < -0.4 is 5.32 Å². The molecule has 0 spiro atoms. The molecule has 1 aromatic heterocycles. The Bertz CT molecular complexity index is 767. The lowest BCUT2D eigenvalue weighted by molar-refractivity contribution is 0.00741. The Labute approximate surface area is 174 Å². The van der Waals surface area contributed by atoms with E-state index in [2.05, 4.69) is 56.1 Å².